The molecule has 1 N–H and O–H groups in total. The Hall–Kier alpha value is -1.56. The van der Waals surface area contributed by atoms with Crippen LogP contribution in [0.5, 0.6) is 0 Å². The number of carbonyl (C=O) groups is 2. The van der Waals surface area contributed by atoms with Crippen LogP contribution in [-0.2, 0) is 9.53 Å². The van der Waals surface area contributed by atoms with Crippen molar-refractivity contribution in [3.8, 4) is 0 Å². The summed E-state index contributed by atoms with van der Waals surface area (Å²) in [6.07, 6.45) is 2.98. The van der Waals surface area contributed by atoms with Crippen molar-refractivity contribution in [1.29, 1.82) is 0 Å². The molecule has 1 aromatic heterocycles. The van der Waals surface area contributed by atoms with Gasteiger partial charge in [-0.25, -0.2) is 4.79 Å². The molecule has 0 aromatic carbocycles. The minimum atomic E-state index is -0.749. The predicted molar refractivity (Wildman–Crippen MR) is 61.4 cm³/mol. The largest absolute Gasteiger partial charge is 0.467 e. The lowest BCUT2D eigenvalue weighted by atomic mass is 10.2. The fourth-order valence-corrected chi connectivity index (χ4v) is 1.30. The SMILES string of the molecule is COC(=O)C(CS)NC(=O)c1cccnc1. The maximum atomic E-state index is 11.6. The second-order valence-electron chi connectivity index (χ2n) is 2.97. The Morgan fingerprint density at radius 3 is 2.88 bits per heavy atom. The van der Waals surface area contributed by atoms with Crippen LogP contribution in [0.4, 0.5) is 0 Å². The normalized spacial score (nSPS) is 11.6. The quantitative estimate of drug-likeness (QED) is 0.586. The summed E-state index contributed by atoms with van der Waals surface area (Å²) >= 11 is 3.96. The number of methoxy groups -OCH3 is 1. The van der Waals surface area contributed by atoms with E-state index in [9.17, 15) is 9.59 Å². The molecular weight excluding hydrogens is 228 g/mol. The first kappa shape index (κ1) is 12.5. The number of amides is 1. The summed E-state index contributed by atoms with van der Waals surface area (Å²) in [5.41, 5.74) is 0.387. The fourth-order valence-electron chi connectivity index (χ4n) is 1.06. The summed E-state index contributed by atoms with van der Waals surface area (Å²) in [6, 6.07) is 2.50. The highest BCUT2D eigenvalue weighted by atomic mass is 32.1. The number of ether oxygens (including phenoxy) is 1. The first-order valence-corrected chi connectivity index (χ1v) is 5.22. The topological polar surface area (TPSA) is 68.3 Å². The molecule has 0 fully saturated rings. The third-order valence-electron chi connectivity index (χ3n) is 1.90. The molecule has 0 radical (unpaired) electrons. The van der Waals surface area contributed by atoms with E-state index in [1.165, 1.54) is 13.3 Å². The summed E-state index contributed by atoms with van der Waals surface area (Å²) in [4.78, 5) is 26.7. The second-order valence-corrected chi connectivity index (χ2v) is 3.34. The van der Waals surface area contributed by atoms with E-state index in [1.54, 1.807) is 18.3 Å². The molecule has 1 rings (SSSR count). The van der Waals surface area contributed by atoms with Crippen LogP contribution in [0.2, 0.25) is 0 Å². The fraction of sp³-hybridized carbons (Fsp3) is 0.300. The third-order valence-corrected chi connectivity index (χ3v) is 2.26. The summed E-state index contributed by atoms with van der Waals surface area (Å²) in [5.74, 6) is -0.719. The van der Waals surface area contributed by atoms with Crippen molar-refractivity contribution in [2.75, 3.05) is 12.9 Å². The minimum absolute atomic E-state index is 0.179. The summed E-state index contributed by atoms with van der Waals surface area (Å²) < 4.78 is 4.52. The molecule has 0 bridgehead atoms. The van der Waals surface area contributed by atoms with Crippen molar-refractivity contribution >= 4 is 24.5 Å². The highest BCUT2D eigenvalue weighted by molar-refractivity contribution is 7.80. The standard InChI is InChI=1S/C10H12N2O3S/c1-15-10(14)8(6-16)12-9(13)7-3-2-4-11-5-7/h2-5,8,16H,6H2,1H3,(H,12,13). The number of thiol groups is 1. The van der Waals surface area contributed by atoms with Gasteiger partial charge in [0.2, 0.25) is 0 Å². The van der Waals surface area contributed by atoms with Crippen molar-refractivity contribution in [2.24, 2.45) is 0 Å². The molecule has 0 aliphatic heterocycles. The molecule has 0 saturated heterocycles. The Bertz CT molecular complexity index is 370. The molecule has 0 aliphatic rings. The number of rotatable bonds is 4. The van der Waals surface area contributed by atoms with E-state index in [0.29, 0.717) is 5.56 Å². The van der Waals surface area contributed by atoms with E-state index < -0.39 is 12.0 Å². The molecule has 86 valence electrons. The van der Waals surface area contributed by atoms with E-state index in [1.807, 2.05) is 0 Å². The number of nitrogens with zero attached hydrogens (tertiary/aromatic N) is 1. The molecule has 1 aromatic rings. The molecule has 5 nitrogen and oxygen atoms in total. The summed E-state index contributed by atoms with van der Waals surface area (Å²) in [7, 11) is 1.26. The highest BCUT2D eigenvalue weighted by Gasteiger charge is 2.20. The van der Waals surface area contributed by atoms with Crippen molar-refractivity contribution in [1.82, 2.24) is 10.3 Å². The number of aromatic nitrogens is 1. The van der Waals surface area contributed by atoms with Crippen LogP contribution in [-0.4, -0.2) is 35.8 Å². The van der Waals surface area contributed by atoms with Gasteiger partial charge in [-0.05, 0) is 12.1 Å². The lowest BCUT2D eigenvalue weighted by Crippen LogP contribution is -2.42. The number of esters is 1. The molecule has 1 atom stereocenters. The van der Waals surface area contributed by atoms with Crippen molar-refractivity contribution < 1.29 is 14.3 Å². The van der Waals surface area contributed by atoms with Crippen LogP contribution in [0.25, 0.3) is 0 Å². The maximum Gasteiger partial charge on any atom is 0.329 e. The monoisotopic (exact) mass is 240 g/mol. The van der Waals surface area contributed by atoms with Crippen LogP contribution in [0.1, 0.15) is 10.4 Å². The number of hydrogen-bond donors (Lipinski definition) is 2. The Balaban J connectivity index is 2.66. The average molecular weight is 240 g/mol. The van der Waals surface area contributed by atoms with E-state index >= 15 is 0 Å². The zero-order valence-corrected chi connectivity index (χ0v) is 9.61. The van der Waals surface area contributed by atoms with Crippen LogP contribution in [0.3, 0.4) is 0 Å². The summed E-state index contributed by atoms with van der Waals surface area (Å²) in [5, 5.41) is 2.50. The smallest absolute Gasteiger partial charge is 0.329 e. The second kappa shape index (κ2) is 6.12. The minimum Gasteiger partial charge on any atom is -0.467 e. The lowest BCUT2D eigenvalue weighted by molar-refractivity contribution is -0.142. The zero-order chi connectivity index (χ0) is 12.0. The molecule has 0 aliphatic carbocycles. The van der Waals surface area contributed by atoms with Gasteiger partial charge in [-0.2, -0.15) is 12.6 Å². The molecule has 0 saturated carbocycles. The van der Waals surface area contributed by atoms with Gasteiger partial charge in [0, 0.05) is 18.1 Å². The van der Waals surface area contributed by atoms with Gasteiger partial charge < -0.3 is 10.1 Å². The van der Waals surface area contributed by atoms with Gasteiger partial charge in [0.25, 0.3) is 5.91 Å². The van der Waals surface area contributed by atoms with Crippen LogP contribution >= 0.6 is 12.6 Å². The van der Waals surface area contributed by atoms with Gasteiger partial charge in [-0.3, -0.25) is 9.78 Å². The zero-order valence-electron chi connectivity index (χ0n) is 8.71. The van der Waals surface area contributed by atoms with Gasteiger partial charge in [0.05, 0.1) is 12.7 Å². The average Bonchev–Trinajstić information content (AvgIpc) is 2.35. The molecule has 6 heteroatoms. The Labute approximate surface area is 98.6 Å². The predicted octanol–water partition coefficient (Wildman–Crippen LogP) is 0.283. The van der Waals surface area contributed by atoms with Crippen molar-refractivity contribution in [3.05, 3.63) is 30.1 Å². The number of pyridine rings is 1. The van der Waals surface area contributed by atoms with Crippen LogP contribution in [0, 0.1) is 0 Å². The van der Waals surface area contributed by atoms with E-state index in [0.717, 1.165) is 0 Å². The number of nitrogens with one attached hydrogen (secondary N) is 1. The molecule has 1 amide bonds. The lowest BCUT2D eigenvalue weighted by Gasteiger charge is -2.13. The van der Waals surface area contributed by atoms with Crippen molar-refractivity contribution in [3.63, 3.8) is 0 Å². The van der Waals surface area contributed by atoms with Gasteiger partial charge in [-0.15, -0.1) is 0 Å². The van der Waals surface area contributed by atoms with Crippen LogP contribution in [0.15, 0.2) is 24.5 Å². The van der Waals surface area contributed by atoms with Gasteiger partial charge in [0.1, 0.15) is 6.04 Å². The molecule has 16 heavy (non-hydrogen) atoms. The Morgan fingerprint density at radius 2 is 2.38 bits per heavy atom. The summed E-state index contributed by atoms with van der Waals surface area (Å²) in [6.45, 7) is 0. The van der Waals surface area contributed by atoms with Gasteiger partial charge in [-0.1, -0.05) is 0 Å². The van der Waals surface area contributed by atoms with E-state index in [-0.39, 0.29) is 11.7 Å². The third kappa shape index (κ3) is 3.23. The first-order valence-electron chi connectivity index (χ1n) is 4.58. The maximum absolute atomic E-state index is 11.6. The molecular formula is C10H12N2O3S. The van der Waals surface area contributed by atoms with Gasteiger partial charge in [0.15, 0.2) is 0 Å². The van der Waals surface area contributed by atoms with Gasteiger partial charge >= 0.3 is 5.97 Å². The van der Waals surface area contributed by atoms with Crippen LogP contribution < -0.4 is 5.32 Å². The Kier molecular flexibility index (Phi) is 4.78. The molecule has 1 heterocycles. The molecule has 0 spiro atoms. The van der Waals surface area contributed by atoms with E-state index in [4.69, 9.17) is 0 Å². The van der Waals surface area contributed by atoms with E-state index in [2.05, 4.69) is 27.7 Å². The van der Waals surface area contributed by atoms with Crippen molar-refractivity contribution in [2.45, 2.75) is 6.04 Å². The Morgan fingerprint density at radius 1 is 1.62 bits per heavy atom. The number of hydrogen-bond acceptors (Lipinski definition) is 5. The number of carbonyl (C=O) groups excluding carboxylic acids is 2. The highest BCUT2D eigenvalue weighted by Crippen LogP contribution is 1.98. The molecule has 1 unspecified atom stereocenters. The first-order chi connectivity index (χ1) is 7.69.